The lowest BCUT2D eigenvalue weighted by atomic mass is 10.1. The van der Waals surface area contributed by atoms with Crippen LogP contribution in [0.4, 0.5) is 5.69 Å². The van der Waals surface area contributed by atoms with Gasteiger partial charge in [-0.3, -0.25) is 4.68 Å². The fraction of sp³-hybridized carbons (Fsp3) is 0.0714. The van der Waals surface area contributed by atoms with Gasteiger partial charge < -0.3 is 5.32 Å². The second kappa shape index (κ2) is 5.88. The highest BCUT2D eigenvalue weighted by atomic mass is 15.5. The van der Waals surface area contributed by atoms with Crippen LogP contribution in [0.5, 0.6) is 0 Å². The van der Waals surface area contributed by atoms with E-state index < -0.39 is 0 Å². The monoisotopic (exact) mass is 292 g/mol. The summed E-state index contributed by atoms with van der Waals surface area (Å²) >= 11 is 0. The molecule has 108 valence electrons. The van der Waals surface area contributed by atoms with E-state index in [2.05, 4.69) is 31.0 Å². The molecule has 2 heterocycles. The Balaban J connectivity index is 1.83. The van der Waals surface area contributed by atoms with Gasteiger partial charge >= 0.3 is 0 Å². The van der Waals surface area contributed by atoms with Crippen molar-refractivity contribution in [2.24, 2.45) is 7.05 Å². The molecule has 3 rings (SSSR count). The first-order valence-corrected chi connectivity index (χ1v) is 6.47. The average Bonchev–Trinajstić information content (AvgIpc) is 3.20. The van der Waals surface area contributed by atoms with E-state index in [0.717, 1.165) is 16.9 Å². The first-order chi connectivity index (χ1) is 10.8. The fourth-order valence-electron chi connectivity index (χ4n) is 1.92. The van der Waals surface area contributed by atoms with Crippen LogP contribution in [0.25, 0.3) is 16.8 Å². The number of hydrogen-bond acceptors (Lipinski definition) is 6. The molecule has 8 heteroatoms. The second-order valence-corrected chi connectivity index (χ2v) is 4.51. The standard InChI is InChI=1S/C14H12N8/c1-22-6-5-13(19-22)10-3-2-4-12(7-10)16-9-11(8-15)14-17-20-21-18-14/h2-7,9,16H,1H3,(H,17,18,20,21). The van der Waals surface area contributed by atoms with Gasteiger partial charge in [0.25, 0.3) is 0 Å². The molecule has 2 N–H and O–H groups in total. The van der Waals surface area contributed by atoms with E-state index >= 15 is 0 Å². The lowest BCUT2D eigenvalue weighted by Crippen LogP contribution is -1.93. The lowest BCUT2D eigenvalue weighted by Gasteiger charge is -2.03. The zero-order valence-corrected chi connectivity index (χ0v) is 11.7. The number of nitriles is 1. The van der Waals surface area contributed by atoms with E-state index in [1.807, 2.05) is 49.6 Å². The molecule has 0 fully saturated rings. The summed E-state index contributed by atoms with van der Waals surface area (Å²) in [6.45, 7) is 0. The number of aromatic amines is 1. The van der Waals surface area contributed by atoms with Crippen molar-refractivity contribution in [2.75, 3.05) is 5.32 Å². The molecule has 0 atom stereocenters. The van der Waals surface area contributed by atoms with Crippen LogP contribution < -0.4 is 5.32 Å². The van der Waals surface area contributed by atoms with Gasteiger partial charge in [-0.1, -0.05) is 12.1 Å². The lowest BCUT2D eigenvalue weighted by molar-refractivity contribution is 0.771. The molecule has 8 nitrogen and oxygen atoms in total. The van der Waals surface area contributed by atoms with Gasteiger partial charge in [0.15, 0.2) is 0 Å². The molecular formula is C14H12N8. The van der Waals surface area contributed by atoms with Crippen molar-refractivity contribution in [3.63, 3.8) is 0 Å². The SMILES string of the molecule is Cn1ccc(-c2cccc(NC=C(C#N)c3nn[nH]n3)c2)n1. The van der Waals surface area contributed by atoms with Crippen LogP contribution >= 0.6 is 0 Å². The van der Waals surface area contributed by atoms with Crippen molar-refractivity contribution in [2.45, 2.75) is 0 Å². The second-order valence-electron chi connectivity index (χ2n) is 4.51. The van der Waals surface area contributed by atoms with Crippen LogP contribution in [0.3, 0.4) is 0 Å². The molecule has 0 amide bonds. The molecule has 2 aromatic heterocycles. The molecule has 0 saturated carbocycles. The predicted molar refractivity (Wildman–Crippen MR) is 80.0 cm³/mol. The molecule has 0 aliphatic carbocycles. The average molecular weight is 292 g/mol. The van der Waals surface area contributed by atoms with Crippen LogP contribution in [0.15, 0.2) is 42.7 Å². The number of aryl methyl sites for hydroxylation is 1. The van der Waals surface area contributed by atoms with E-state index in [4.69, 9.17) is 5.26 Å². The largest absolute Gasteiger partial charge is 0.360 e. The summed E-state index contributed by atoms with van der Waals surface area (Å²) in [5.74, 6) is 0.246. The van der Waals surface area contributed by atoms with Crippen molar-refractivity contribution in [3.8, 4) is 17.3 Å². The molecule has 0 saturated heterocycles. The third-order valence-electron chi connectivity index (χ3n) is 2.96. The molecule has 0 unspecified atom stereocenters. The first-order valence-electron chi connectivity index (χ1n) is 6.47. The number of hydrogen-bond donors (Lipinski definition) is 2. The van der Waals surface area contributed by atoms with Gasteiger partial charge in [-0.15, -0.1) is 10.2 Å². The Morgan fingerprint density at radius 3 is 3.00 bits per heavy atom. The number of nitrogens with one attached hydrogen (secondary N) is 2. The highest BCUT2D eigenvalue weighted by Gasteiger charge is 2.06. The quantitative estimate of drug-likeness (QED) is 0.707. The van der Waals surface area contributed by atoms with Crippen LogP contribution in [-0.4, -0.2) is 30.4 Å². The fourth-order valence-corrected chi connectivity index (χ4v) is 1.92. The van der Waals surface area contributed by atoms with Gasteiger partial charge in [-0.25, -0.2) is 0 Å². The summed E-state index contributed by atoms with van der Waals surface area (Å²) < 4.78 is 1.75. The number of tetrazole rings is 1. The molecule has 0 radical (unpaired) electrons. The van der Waals surface area contributed by atoms with Gasteiger partial charge in [0.2, 0.25) is 5.82 Å². The molecule has 0 aliphatic rings. The highest BCUT2D eigenvalue weighted by Crippen LogP contribution is 2.21. The molecule has 3 aromatic rings. The number of aromatic nitrogens is 6. The number of allylic oxidation sites excluding steroid dienone is 1. The van der Waals surface area contributed by atoms with E-state index in [9.17, 15) is 0 Å². The van der Waals surface area contributed by atoms with Gasteiger partial charge in [-0.2, -0.15) is 15.6 Å². The minimum Gasteiger partial charge on any atom is -0.360 e. The minimum absolute atomic E-state index is 0.246. The van der Waals surface area contributed by atoms with Gasteiger partial charge in [0.1, 0.15) is 11.6 Å². The van der Waals surface area contributed by atoms with Gasteiger partial charge in [-0.05, 0) is 23.4 Å². The highest BCUT2D eigenvalue weighted by molar-refractivity contribution is 5.74. The summed E-state index contributed by atoms with van der Waals surface area (Å²) in [6.07, 6.45) is 3.43. The summed E-state index contributed by atoms with van der Waals surface area (Å²) in [7, 11) is 1.87. The van der Waals surface area contributed by atoms with Gasteiger partial charge in [0, 0.05) is 30.7 Å². The Bertz CT molecular complexity index is 838. The maximum Gasteiger partial charge on any atom is 0.216 e. The molecule has 0 aliphatic heterocycles. The van der Waals surface area contributed by atoms with Crippen LogP contribution in [0.1, 0.15) is 5.82 Å². The van der Waals surface area contributed by atoms with Crippen molar-refractivity contribution >= 4 is 11.3 Å². The minimum atomic E-state index is 0.246. The van der Waals surface area contributed by atoms with E-state index in [0.29, 0.717) is 0 Å². The molecule has 1 aromatic carbocycles. The van der Waals surface area contributed by atoms with Crippen LogP contribution in [0, 0.1) is 11.3 Å². The van der Waals surface area contributed by atoms with Crippen LogP contribution in [0.2, 0.25) is 0 Å². The summed E-state index contributed by atoms with van der Waals surface area (Å²) in [5, 5.41) is 29.8. The number of nitrogens with zero attached hydrogens (tertiary/aromatic N) is 6. The Labute approximate surface area is 126 Å². The van der Waals surface area contributed by atoms with E-state index in [-0.39, 0.29) is 11.4 Å². The number of H-pyrrole nitrogens is 1. The first kappa shape index (κ1) is 13.5. The van der Waals surface area contributed by atoms with Crippen molar-refractivity contribution in [3.05, 3.63) is 48.6 Å². The van der Waals surface area contributed by atoms with E-state index in [1.165, 1.54) is 0 Å². The topological polar surface area (TPSA) is 108 Å². The summed E-state index contributed by atoms with van der Waals surface area (Å²) in [6, 6.07) is 11.7. The number of benzene rings is 1. The zero-order chi connectivity index (χ0) is 15.4. The Morgan fingerprint density at radius 2 is 2.32 bits per heavy atom. The molecular weight excluding hydrogens is 280 g/mol. The Morgan fingerprint density at radius 1 is 1.41 bits per heavy atom. The van der Waals surface area contributed by atoms with E-state index in [1.54, 1.807) is 10.9 Å². The Kier molecular flexibility index (Phi) is 3.61. The molecule has 0 bridgehead atoms. The zero-order valence-electron chi connectivity index (χ0n) is 11.7. The number of anilines is 1. The third-order valence-corrected chi connectivity index (χ3v) is 2.96. The summed E-state index contributed by atoms with van der Waals surface area (Å²) in [5.41, 5.74) is 2.99. The maximum absolute atomic E-state index is 9.12. The maximum atomic E-state index is 9.12. The Hall–Kier alpha value is -3.47. The summed E-state index contributed by atoms with van der Waals surface area (Å²) in [4.78, 5) is 0. The normalized spacial score (nSPS) is 11.2. The third kappa shape index (κ3) is 2.83. The molecule has 22 heavy (non-hydrogen) atoms. The van der Waals surface area contributed by atoms with Gasteiger partial charge in [0.05, 0.1) is 5.69 Å². The molecule has 0 spiro atoms. The van der Waals surface area contributed by atoms with Crippen molar-refractivity contribution in [1.82, 2.24) is 30.4 Å². The smallest absolute Gasteiger partial charge is 0.216 e. The number of rotatable bonds is 4. The van der Waals surface area contributed by atoms with Crippen molar-refractivity contribution < 1.29 is 0 Å². The predicted octanol–water partition coefficient (Wildman–Crippen LogP) is 1.58. The van der Waals surface area contributed by atoms with Crippen molar-refractivity contribution in [1.29, 1.82) is 5.26 Å². The van der Waals surface area contributed by atoms with Crippen LogP contribution in [-0.2, 0) is 7.05 Å².